The van der Waals surface area contributed by atoms with Crippen molar-refractivity contribution < 1.29 is 13.7 Å². The van der Waals surface area contributed by atoms with Gasteiger partial charge in [0.05, 0.1) is 18.1 Å². The van der Waals surface area contributed by atoms with Crippen LogP contribution in [0, 0.1) is 13.8 Å². The van der Waals surface area contributed by atoms with E-state index in [1.54, 1.807) is 0 Å². The van der Waals surface area contributed by atoms with Gasteiger partial charge in [0, 0.05) is 5.56 Å². The van der Waals surface area contributed by atoms with Gasteiger partial charge in [0.15, 0.2) is 5.82 Å². The summed E-state index contributed by atoms with van der Waals surface area (Å²) in [5.74, 6) is 3.44. The van der Waals surface area contributed by atoms with Crippen molar-refractivity contribution in [2.75, 3.05) is 5.75 Å². The fourth-order valence-electron chi connectivity index (χ4n) is 2.18. The number of furan rings is 1. The van der Waals surface area contributed by atoms with Crippen LogP contribution >= 0.6 is 11.8 Å². The molecule has 2 aromatic heterocycles. The number of aryl methyl sites for hydroxylation is 2. The molecule has 0 radical (unpaired) electrons. The molecule has 1 amide bonds. The molecular weight excluding hydrogens is 338 g/mol. The Morgan fingerprint density at radius 1 is 1.16 bits per heavy atom. The maximum absolute atomic E-state index is 11.8. The molecule has 2 heterocycles. The number of nitrogens with zero attached hydrogens (tertiary/aromatic N) is 2. The lowest BCUT2D eigenvalue weighted by Gasteiger charge is -2.02. The monoisotopic (exact) mass is 357 g/mol. The maximum atomic E-state index is 11.8. The van der Waals surface area contributed by atoms with Crippen molar-refractivity contribution in [3.05, 3.63) is 59.3 Å². The van der Waals surface area contributed by atoms with Gasteiger partial charge < -0.3 is 14.3 Å². The van der Waals surface area contributed by atoms with Crippen molar-refractivity contribution >= 4 is 17.7 Å². The van der Waals surface area contributed by atoms with Gasteiger partial charge in [-0.3, -0.25) is 4.79 Å². The van der Waals surface area contributed by atoms with Gasteiger partial charge in [-0.1, -0.05) is 22.9 Å². The Morgan fingerprint density at radius 2 is 1.96 bits per heavy atom. The molecular formula is C18H19N3O3S. The van der Waals surface area contributed by atoms with E-state index in [0.717, 1.165) is 17.1 Å². The van der Waals surface area contributed by atoms with E-state index in [2.05, 4.69) is 15.5 Å². The summed E-state index contributed by atoms with van der Waals surface area (Å²) >= 11 is 1.44. The molecule has 0 aliphatic rings. The van der Waals surface area contributed by atoms with Gasteiger partial charge in [0.1, 0.15) is 11.5 Å². The molecule has 7 heteroatoms. The second-order valence-electron chi connectivity index (χ2n) is 5.66. The first-order valence-corrected chi connectivity index (χ1v) is 9.05. The number of carbonyl (C=O) groups is 1. The van der Waals surface area contributed by atoms with Crippen LogP contribution in [0.5, 0.6) is 0 Å². The first-order chi connectivity index (χ1) is 12.1. The Kier molecular flexibility index (Phi) is 5.55. The predicted molar refractivity (Wildman–Crippen MR) is 95.9 cm³/mol. The highest BCUT2D eigenvalue weighted by atomic mass is 32.2. The van der Waals surface area contributed by atoms with Gasteiger partial charge in [-0.25, -0.2) is 0 Å². The maximum Gasteiger partial charge on any atom is 0.257 e. The van der Waals surface area contributed by atoms with Crippen LogP contribution in [0.2, 0.25) is 0 Å². The fraction of sp³-hybridized carbons (Fsp3) is 0.278. The number of benzene rings is 1. The van der Waals surface area contributed by atoms with Crippen LogP contribution in [0.15, 0.2) is 45.3 Å². The molecule has 3 rings (SSSR count). The van der Waals surface area contributed by atoms with Crippen LogP contribution in [0.4, 0.5) is 0 Å². The van der Waals surface area contributed by atoms with Gasteiger partial charge in [0.25, 0.3) is 5.89 Å². The summed E-state index contributed by atoms with van der Waals surface area (Å²) in [5, 5.41) is 6.77. The van der Waals surface area contributed by atoms with Gasteiger partial charge in [-0.2, -0.15) is 4.98 Å². The molecule has 1 aromatic carbocycles. The fourth-order valence-corrected chi connectivity index (χ4v) is 2.87. The van der Waals surface area contributed by atoms with E-state index in [-0.39, 0.29) is 5.91 Å². The molecule has 0 atom stereocenters. The summed E-state index contributed by atoms with van der Waals surface area (Å²) in [7, 11) is 0. The third-order valence-electron chi connectivity index (χ3n) is 3.49. The van der Waals surface area contributed by atoms with Crippen molar-refractivity contribution in [3.8, 4) is 11.5 Å². The first-order valence-electron chi connectivity index (χ1n) is 7.89. The van der Waals surface area contributed by atoms with Crippen molar-refractivity contribution in [1.29, 1.82) is 0 Å². The molecule has 0 fully saturated rings. The number of hydrogen-bond acceptors (Lipinski definition) is 6. The van der Waals surface area contributed by atoms with E-state index < -0.39 is 0 Å². The Bertz CT molecular complexity index is 839. The minimum absolute atomic E-state index is 0.0543. The second kappa shape index (κ2) is 8.02. The number of carbonyl (C=O) groups excluding carboxylic acids is 1. The molecule has 3 aromatic rings. The van der Waals surface area contributed by atoms with E-state index >= 15 is 0 Å². The minimum atomic E-state index is -0.0543. The molecule has 6 nitrogen and oxygen atoms in total. The Balaban J connectivity index is 1.43. The van der Waals surface area contributed by atoms with Crippen molar-refractivity contribution in [2.24, 2.45) is 0 Å². The number of rotatable bonds is 7. The molecule has 25 heavy (non-hydrogen) atoms. The summed E-state index contributed by atoms with van der Waals surface area (Å²) in [5.41, 5.74) is 2.07. The smallest absolute Gasteiger partial charge is 0.257 e. The quantitative estimate of drug-likeness (QED) is 0.697. The number of thioether (sulfide) groups is 1. The molecule has 0 saturated carbocycles. The Morgan fingerprint density at radius 3 is 2.68 bits per heavy atom. The molecule has 0 saturated heterocycles. The SMILES string of the molecule is Cc1ccc(-c2nc(CSCC(=O)NCc3ccc(C)o3)no2)cc1. The largest absolute Gasteiger partial charge is 0.465 e. The van der Waals surface area contributed by atoms with E-state index in [1.165, 1.54) is 17.3 Å². The van der Waals surface area contributed by atoms with Crippen molar-refractivity contribution in [2.45, 2.75) is 26.1 Å². The number of aromatic nitrogens is 2. The molecule has 0 bridgehead atoms. The van der Waals surface area contributed by atoms with Crippen LogP contribution in [0.25, 0.3) is 11.5 Å². The zero-order valence-electron chi connectivity index (χ0n) is 14.1. The van der Waals surface area contributed by atoms with Crippen LogP contribution in [0.1, 0.15) is 22.9 Å². The van der Waals surface area contributed by atoms with E-state index in [9.17, 15) is 4.79 Å². The molecule has 0 unspecified atom stereocenters. The van der Waals surface area contributed by atoms with Crippen molar-refractivity contribution in [1.82, 2.24) is 15.5 Å². The van der Waals surface area contributed by atoms with E-state index in [0.29, 0.717) is 29.8 Å². The lowest BCUT2D eigenvalue weighted by molar-refractivity contribution is -0.118. The summed E-state index contributed by atoms with van der Waals surface area (Å²) in [4.78, 5) is 16.2. The molecule has 0 aliphatic carbocycles. The zero-order valence-corrected chi connectivity index (χ0v) is 14.9. The highest BCUT2D eigenvalue weighted by Crippen LogP contribution is 2.19. The zero-order chi connectivity index (χ0) is 17.6. The standard InChI is InChI=1S/C18H19N3O3S/c1-12-3-6-14(7-4-12)18-20-16(21-24-18)10-25-11-17(22)19-9-15-8-5-13(2)23-15/h3-8H,9-11H2,1-2H3,(H,19,22). The lowest BCUT2D eigenvalue weighted by atomic mass is 10.1. The molecule has 0 aliphatic heterocycles. The van der Waals surface area contributed by atoms with Crippen LogP contribution in [-0.4, -0.2) is 21.8 Å². The van der Waals surface area contributed by atoms with Gasteiger partial charge >= 0.3 is 0 Å². The van der Waals surface area contributed by atoms with Gasteiger partial charge in [-0.15, -0.1) is 11.8 Å². The topological polar surface area (TPSA) is 81.2 Å². The normalized spacial score (nSPS) is 10.8. The predicted octanol–water partition coefficient (Wildman–Crippen LogP) is 3.50. The van der Waals surface area contributed by atoms with Crippen LogP contribution < -0.4 is 5.32 Å². The lowest BCUT2D eigenvalue weighted by Crippen LogP contribution is -2.24. The summed E-state index contributed by atoms with van der Waals surface area (Å²) in [6.07, 6.45) is 0. The van der Waals surface area contributed by atoms with E-state index in [4.69, 9.17) is 8.94 Å². The van der Waals surface area contributed by atoms with E-state index in [1.807, 2.05) is 50.2 Å². The highest BCUT2D eigenvalue weighted by Gasteiger charge is 2.10. The summed E-state index contributed by atoms with van der Waals surface area (Å²) in [6.45, 7) is 4.29. The third kappa shape index (κ3) is 4.96. The van der Waals surface area contributed by atoms with Crippen molar-refractivity contribution in [3.63, 3.8) is 0 Å². The van der Waals surface area contributed by atoms with Crippen LogP contribution in [-0.2, 0) is 17.1 Å². The van der Waals surface area contributed by atoms with Gasteiger partial charge in [0.2, 0.25) is 5.91 Å². The summed E-state index contributed by atoms with van der Waals surface area (Å²) < 4.78 is 10.7. The molecule has 130 valence electrons. The molecule has 1 N–H and O–H groups in total. The summed E-state index contributed by atoms with van der Waals surface area (Å²) in [6, 6.07) is 11.6. The molecule has 0 spiro atoms. The average molecular weight is 357 g/mol. The van der Waals surface area contributed by atoms with Crippen LogP contribution in [0.3, 0.4) is 0 Å². The Labute approximate surface area is 150 Å². The number of hydrogen-bond donors (Lipinski definition) is 1. The number of nitrogens with one attached hydrogen (secondary N) is 1. The number of amides is 1. The third-order valence-corrected chi connectivity index (χ3v) is 4.42. The first kappa shape index (κ1) is 17.3. The Hall–Kier alpha value is -2.54. The van der Waals surface area contributed by atoms with Gasteiger partial charge in [-0.05, 0) is 38.1 Å². The highest BCUT2D eigenvalue weighted by molar-refractivity contribution is 7.99. The second-order valence-corrected chi connectivity index (χ2v) is 6.65. The average Bonchev–Trinajstić information content (AvgIpc) is 3.23. The minimum Gasteiger partial charge on any atom is -0.465 e.